The van der Waals surface area contributed by atoms with Crippen LogP contribution in [0.1, 0.15) is 33.6 Å². The number of ether oxygens (including phenoxy) is 1. The van der Waals surface area contributed by atoms with Gasteiger partial charge in [-0.3, -0.25) is 0 Å². The van der Waals surface area contributed by atoms with Crippen LogP contribution in [0.15, 0.2) is 0 Å². The number of carbonyl (C=O) groups excluding carboxylic acids is 1. The summed E-state index contributed by atoms with van der Waals surface area (Å²) in [7, 11) is 0. The first-order valence-electron chi connectivity index (χ1n) is 6.23. The predicted molar refractivity (Wildman–Crippen MR) is 67.6 cm³/mol. The second-order valence-electron chi connectivity index (χ2n) is 5.98. The first-order chi connectivity index (χ1) is 8.55. The van der Waals surface area contributed by atoms with E-state index in [4.69, 9.17) is 15.6 Å². The highest BCUT2D eigenvalue weighted by Crippen LogP contribution is 2.24. The fourth-order valence-electron chi connectivity index (χ4n) is 2.06. The molecule has 2 atom stereocenters. The number of amides is 1. The highest BCUT2D eigenvalue weighted by Gasteiger charge is 2.43. The van der Waals surface area contributed by atoms with E-state index in [1.807, 2.05) is 0 Å². The number of carboxylic acid groups (broad SMARTS) is 1. The number of carbonyl (C=O) groups is 2. The Hall–Kier alpha value is -1.34. The molecule has 1 fully saturated rings. The summed E-state index contributed by atoms with van der Waals surface area (Å²) in [6, 6.07) is 0. The quantitative estimate of drug-likeness (QED) is 0.661. The van der Waals surface area contributed by atoms with Gasteiger partial charge in [-0.2, -0.15) is 0 Å². The third-order valence-electron chi connectivity index (χ3n) is 2.99. The summed E-state index contributed by atoms with van der Waals surface area (Å²) in [4.78, 5) is 24.1. The van der Waals surface area contributed by atoms with E-state index in [0.717, 1.165) is 0 Å². The molecule has 1 rings (SSSR count). The van der Waals surface area contributed by atoms with Gasteiger partial charge in [0.2, 0.25) is 0 Å². The zero-order valence-electron chi connectivity index (χ0n) is 11.5. The highest BCUT2D eigenvalue weighted by molar-refractivity contribution is 5.74. The molecule has 0 bridgehead atoms. The summed E-state index contributed by atoms with van der Waals surface area (Å²) in [6.45, 7) is 5.65. The summed E-state index contributed by atoms with van der Waals surface area (Å²) >= 11 is 0. The normalized spacial score (nSPS) is 25.8. The van der Waals surface area contributed by atoms with E-state index in [1.54, 1.807) is 20.8 Å². The Morgan fingerprint density at radius 2 is 2.00 bits per heavy atom. The number of nitrogens with zero attached hydrogens (tertiary/aromatic N) is 1. The number of aliphatic carboxylic acids is 1. The maximum absolute atomic E-state index is 11.9. The van der Waals surface area contributed by atoms with E-state index in [1.165, 1.54) is 4.90 Å². The lowest BCUT2D eigenvalue weighted by molar-refractivity contribution is -0.152. The van der Waals surface area contributed by atoms with Crippen molar-refractivity contribution in [1.82, 2.24) is 4.90 Å². The zero-order chi connectivity index (χ0) is 14.8. The van der Waals surface area contributed by atoms with Gasteiger partial charge < -0.3 is 25.6 Å². The second-order valence-corrected chi connectivity index (χ2v) is 5.98. The smallest absolute Gasteiger partial charge is 0.410 e. The number of likely N-dealkylation sites (tertiary alicyclic amines) is 1. The summed E-state index contributed by atoms with van der Waals surface area (Å²) in [5.41, 5.74) is 3.96. The van der Waals surface area contributed by atoms with Crippen molar-refractivity contribution in [2.75, 3.05) is 13.1 Å². The third kappa shape index (κ3) is 4.07. The molecule has 1 saturated heterocycles. The van der Waals surface area contributed by atoms with Crippen molar-refractivity contribution < 1.29 is 24.5 Å². The molecule has 1 amide bonds. The van der Waals surface area contributed by atoms with Crippen LogP contribution in [0.3, 0.4) is 0 Å². The number of rotatable bonds is 2. The Balaban J connectivity index is 2.74. The van der Waals surface area contributed by atoms with Crippen LogP contribution in [0.5, 0.6) is 0 Å². The molecule has 0 saturated carbocycles. The van der Waals surface area contributed by atoms with Crippen LogP contribution in [0.4, 0.5) is 4.79 Å². The van der Waals surface area contributed by atoms with E-state index in [0.29, 0.717) is 19.4 Å². The summed E-state index contributed by atoms with van der Waals surface area (Å²) in [5.74, 6) is -1.38. The largest absolute Gasteiger partial charge is 0.479 e. The molecule has 0 aromatic rings. The van der Waals surface area contributed by atoms with E-state index < -0.39 is 29.3 Å². The van der Waals surface area contributed by atoms with Crippen LogP contribution in [0.25, 0.3) is 0 Å². The standard InChI is InChI=1S/C12H22N2O5/c1-11(2,3)19-10(18)14-6-4-5-12(13,7-14)8(15)9(16)17/h8,15H,4-7,13H2,1-3H3,(H,16,17). The molecular weight excluding hydrogens is 252 g/mol. The van der Waals surface area contributed by atoms with Crippen molar-refractivity contribution in [1.29, 1.82) is 0 Å². The summed E-state index contributed by atoms with van der Waals surface area (Å²) < 4.78 is 5.21. The molecule has 2 unspecified atom stereocenters. The lowest BCUT2D eigenvalue weighted by Crippen LogP contribution is -2.64. The fourth-order valence-corrected chi connectivity index (χ4v) is 2.06. The first-order valence-corrected chi connectivity index (χ1v) is 6.23. The van der Waals surface area contributed by atoms with Gasteiger partial charge in [0.15, 0.2) is 6.10 Å². The van der Waals surface area contributed by atoms with Crippen LogP contribution < -0.4 is 5.73 Å². The lowest BCUT2D eigenvalue weighted by atomic mass is 9.85. The third-order valence-corrected chi connectivity index (χ3v) is 2.99. The van der Waals surface area contributed by atoms with E-state index in [-0.39, 0.29) is 6.54 Å². The number of piperidine rings is 1. The number of hydrogen-bond acceptors (Lipinski definition) is 5. The van der Waals surface area contributed by atoms with Crippen molar-refractivity contribution in [2.45, 2.75) is 50.9 Å². The first kappa shape index (κ1) is 15.7. The molecule has 1 heterocycles. The molecule has 110 valence electrons. The molecular formula is C12H22N2O5. The predicted octanol–water partition coefficient (Wildman–Crippen LogP) is 0.160. The van der Waals surface area contributed by atoms with Crippen LogP contribution >= 0.6 is 0 Å². The highest BCUT2D eigenvalue weighted by atomic mass is 16.6. The van der Waals surface area contributed by atoms with Crippen LogP contribution in [-0.2, 0) is 9.53 Å². The van der Waals surface area contributed by atoms with Gasteiger partial charge in [0.05, 0.1) is 5.54 Å². The van der Waals surface area contributed by atoms with Crippen LogP contribution in [-0.4, -0.2) is 57.5 Å². The average Bonchev–Trinajstić information content (AvgIpc) is 2.25. The lowest BCUT2D eigenvalue weighted by Gasteiger charge is -2.41. The molecule has 0 aliphatic carbocycles. The van der Waals surface area contributed by atoms with E-state index in [9.17, 15) is 14.7 Å². The Labute approximate surface area is 112 Å². The number of hydrogen-bond donors (Lipinski definition) is 3. The zero-order valence-corrected chi connectivity index (χ0v) is 11.5. The molecule has 0 spiro atoms. The van der Waals surface area contributed by atoms with E-state index >= 15 is 0 Å². The maximum atomic E-state index is 11.9. The molecule has 7 heteroatoms. The molecule has 7 nitrogen and oxygen atoms in total. The SMILES string of the molecule is CC(C)(C)OC(=O)N1CCCC(N)(C(O)C(=O)O)C1. The molecule has 0 aromatic heterocycles. The average molecular weight is 274 g/mol. The van der Waals surface area contributed by atoms with Gasteiger partial charge in [-0.25, -0.2) is 9.59 Å². The minimum atomic E-state index is -1.70. The van der Waals surface area contributed by atoms with Crippen molar-refractivity contribution >= 4 is 12.1 Å². The van der Waals surface area contributed by atoms with Crippen LogP contribution in [0.2, 0.25) is 0 Å². The van der Waals surface area contributed by atoms with Gasteiger partial charge >= 0.3 is 12.1 Å². The molecule has 19 heavy (non-hydrogen) atoms. The molecule has 1 aliphatic rings. The van der Waals surface area contributed by atoms with Crippen molar-refractivity contribution in [2.24, 2.45) is 5.73 Å². The second kappa shape index (κ2) is 5.34. The summed E-state index contributed by atoms with van der Waals surface area (Å²) in [5, 5.41) is 18.5. The van der Waals surface area contributed by atoms with Crippen molar-refractivity contribution in [3.8, 4) is 0 Å². The number of nitrogens with two attached hydrogens (primary N) is 1. The van der Waals surface area contributed by atoms with Gasteiger partial charge in [-0.05, 0) is 33.6 Å². The molecule has 0 aromatic carbocycles. The maximum Gasteiger partial charge on any atom is 0.410 e. The molecule has 1 aliphatic heterocycles. The Morgan fingerprint density at radius 3 is 2.47 bits per heavy atom. The Kier molecular flexibility index (Phi) is 4.42. The monoisotopic (exact) mass is 274 g/mol. The Morgan fingerprint density at radius 1 is 1.42 bits per heavy atom. The topological polar surface area (TPSA) is 113 Å². The van der Waals surface area contributed by atoms with Crippen molar-refractivity contribution in [3.63, 3.8) is 0 Å². The molecule has 0 radical (unpaired) electrons. The fraction of sp³-hybridized carbons (Fsp3) is 0.833. The molecule has 4 N–H and O–H groups in total. The number of carboxylic acids is 1. The van der Waals surface area contributed by atoms with Gasteiger partial charge in [-0.15, -0.1) is 0 Å². The van der Waals surface area contributed by atoms with E-state index in [2.05, 4.69) is 0 Å². The van der Waals surface area contributed by atoms with Gasteiger partial charge in [0.1, 0.15) is 5.60 Å². The summed E-state index contributed by atoms with van der Waals surface area (Å²) in [6.07, 6.45) is -1.36. The van der Waals surface area contributed by atoms with Crippen LogP contribution in [0, 0.1) is 0 Å². The van der Waals surface area contributed by atoms with Crippen molar-refractivity contribution in [3.05, 3.63) is 0 Å². The number of aliphatic hydroxyl groups excluding tert-OH is 1. The minimum absolute atomic E-state index is 0.0324. The van der Waals surface area contributed by atoms with Gasteiger partial charge in [0.25, 0.3) is 0 Å². The number of aliphatic hydroxyl groups is 1. The minimum Gasteiger partial charge on any atom is -0.479 e. The van der Waals surface area contributed by atoms with Gasteiger partial charge in [0, 0.05) is 13.1 Å². The Bertz CT molecular complexity index is 366. The van der Waals surface area contributed by atoms with Gasteiger partial charge in [-0.1, -0.05) is 0 Å².